The number of aryl methyl sites for hydroxylation is 1. The molecule has 3 aromatic rings. The van der Waals surface area contributed by atoms with Gasteiger partial charge in [0.05, 0.1) is 0 Å². The zero-order chi connectivity index (χ0) is 21.1. The van der Waals surface area contributed by atoms with Crippen LogP contribution in [0.2, 0.25) is 0 Å². The van der Waals surface area contributed by atoms with Crippen molar-refractivity contribution in [3.8, 4) is 0 Å². The number of benzene rings is 2. The van der Waals surface area contributed by atoms with Crippen molar-refractivity contribution >= 4 is 28.3 Å². The minimum atomic E-state index is -0.244. The maximum Gasteiger partial charge on any atom is 0.257 e. The zero-order valence-electron chi connectivity index (χ0n) is 16.7. The highest BCUT2D eigenvalue weighted by Gasteiger charge is 2.20. The van der Waals surface area contributed by atoms with E-state index in [-0.39, 0.29) is 17.6 Å². The lowest BCUT2D eigenvalue weighted by Crippen LogP contribution is -2.24. The first-order valence-corrected chi connectivity index (χ1v) is 10.7. The van der Waals surface area contributed by atoms with Crippen LogP contribution in [-0.4, -0.2) is 28.2 Å². The molecule has 1 aromatic heterocycles. The number of likely N-dealkylation sites (tertiary alicyclic amines) is 1. The standard InChI is InChI=1S/C23H22FN3O2S/c1-15-7-8-16(12-20(15)24)11-19-13-25-23(30-19)26-22(29)18-5-2-4-17(10-18)14-27-9-3-6-21(27)28/h2,4-5,7-8,10,12-13H,3,6,9,11,14H2,1H3,(H,25,26,29). The van der Waals surface area contributed by atoms with E-state index in [0.29, 0.717) is 35.6 Å². The maximum atomic E-state index is 13.7. The smallest absolute Gasteiger partial charge is 0.257 e. The highest BCUT2D eigenvalue weighted by Crippen LogP contribution is 2.23. The molecule has 0 aliphatic carbocycles. The number of carbonyl (C=O) groups excluding carboxylic acids is 2. The van der Waals surface area contributed by atoms with Crippen molar-refractivity contribution in [3.63, 3.8) is 0 Å². The Morgan fingerprint density at radius 3 is 2.87 bits per heavy atom. The molecule has 0 saturated carbocycles. The lowest BCUT2D eigenvalue weighted by molar-refractivity contribution is -0.128. The molecule has 0 bridgehead atoms. The second-order valence-electron chi connectivity index (χ2n) is 7.47. The number of aromatic nitrogens is 1. The largest absolute Gasteiger partial charge is 0.338 e. The molecule has 154 valence electrons. The van der Waals surface area contributed by atoms with Crippen LogP contribution >= 0.6 is 11.3 Å². The summed E-state index contributed by atoms with van der Waals surface area (Å²) in [6.07, 6.45) is 3.75. The monoisotopic (exact) mass is 423 g/mol. The van der Waals surface area contributed by atoms with E-state index in [1.165, 1.54) is 17.4 Å². The number of halogens is 1. The fourth-order valence-corrected chi connectivity index (χ4v) is 4.31. The van der Waals surface area contributed by atoms with Crippen molar-refractivity contribution < 1.29 is 14.0 Å². The van der Waals surface area contributed by atoms with E-state index in [9.17, 15) is 14.0 Å². The number of nitrogens with one attached hydrogen (secondary N) is 1. The van der Waals surface area contributed by atoms with Gasteiger partial charge in [0, 0.05) is 42.6 Å². The Balaban J connectivity index is 1.40. The van der Waals surface area contributed by atoms with Gasteiger partial charge in [-0.2, -0.15) is 0 Å². The molecular formula is C23H22FN3O2S. The molecule has 1 saturated heterocycles. The Kier molecular flexibility index (Phi) is 5.90. The third kappa shape index (κ3) is 4.74. The molecule has 7 heteroatoms. The summed E-state index contributed by atoms with van der Waals surface area (Å²) in [5.41, 5.74) is 2.94. The number of anilines is 1. The van der Waals surface area contributed by atoms with Crippen LogP contribution in [0.15, 0.2) is 48.7 Å². The third-order valence-electron chi connectivity index (χ3n) is 5.12. The first-order valence-electron chi connectivity index (χ1n) is 9.86. The number of nitrogens with zero attached hydrogens (tertiary/aromatic N) is 2. The van der Waals surface area contributed by atoms with Gasteiger partial charge in [-0.1, -0.05) is 24.3 Å². The number of thiazole rings is 1. The van der Waals surface area contributed by atoms with Crippen molar-refractivity contribution in [1.82, 2.24) is 9.88 Å². The molecule has 0 spiro atoms. The highest BCUT2D eigenvalue weighted by molar-refractivity contribution is 7.15. The Hall–Kier alpha value is -3.06. The normalized spacial score (nSPS) is 13.7. The van der Waals surface area contributed by atoms with Gasteiger partial charge in [-0.25, -0.2) is 9.37 Å². The van der Waals surface area contributed by atoms with E-state index < -0.39 is 0 Å². The van der Waals surface area contributed by atoms with Crippen LogP contribution in [0.5, 0.6) is 0 Å². The van der Waals surface area contributed by atoms with Gasteiger partial charge in [0.25, 0.3) is 5.91 Å². The summed E-state index contributed by atoms with van der Waals surface area (Å²) < 4.78 is 13.7. The molecule has 0 radical (unpaired) electrons. The first-order chi connectivity index (χ1) is 14.5. The summed E-state index contributed by atoms with van der Waals surface area (Å²) in [5.74, 6) is -0.304. The molecular weight excluding hydrogens is 401 g/mol. The summed E-state index contributed by atoms with van der Waals surface area (Å²) in [4.78, 5) is 31.5. The topological polar surface area (TPSA) is 62.3 Å². The van der Waals surface area contributed by atoms with Gasteiger partial charge in [0.1, 0.15) is 5.82 Å². The van der Waals surface area contributed by atoms with Gasteiger partial charge in [0.15, 0.2) is 5.13 Å². The van der Waals surface area contributed by atoms with Gasteiger partial charge in [0.2, 0.25) is 5.91 Å². The van der Waals surface area contributed by atoms with Gasteiger partial charge in [-0.05, 0) is 48.2 Å². The SMILES string of the molecule is Cc1ccc(Cc2cnc(NC(=O)c3cccc(CN4CCCC4=O)c3)s2)cc1F. The summed E-state index contributed by atoms with van der Waals surface area (Å²) in [5, 5.41) is 3.33. The summed E-state index contributed by atoms with van der Waals surface area (Å²) in [6.45, 7) is 3.02. The van der Waals surface area contributed by atoms with Gasteiger partial charge < -0.3 is 4.90 Å². The van der Waals surface area contributed by atoms with E-state index >= 15 is 0 Å². The molecule has 30 heavy (non-hydrogen) atoms. The molecule has 1 N–H and O–H groups in total. The zero-order valence-corrected chi connectivity index (χ0v) is 17.5. The lowest BCUT2D eigenvalue weighted by Gasteiger charge is -2.15. The molecule has 0 atom stereocenters. The van der Waals surface area contributed by atoms with Crippen molar-refractivity contribution in [2.45, 2.75) is 32.7 Å². The van der Waals surface area contributed by atoms with Crippen LogP contribution in [-0.2, 0) is 17.8 Å². The molecule has 2 heterocycles. The van der Waals surface area contributed by atoms with Gasteiger partial charge in [-0.3, -0.25) is 14.9 Å². The predicted molar refractivity (Wildman–Crippen MR) is 115 cm³/mol. The number of rotatable bonds is 6. The molecule has 2 amide bonds. The van der Waals surface area contributed by atoms with Crippen LogP contribution < -0.4 is 5.32 Å². The maximum absolute atomic E-state index is 13.7. The molecule has 4 rings (SSSR count). The second-order valence-corrected chi connectivity index (χ2v) is 8.58. The minimum Gasteiger partial charge on any atom is -0.338 e. The first kappa shape index (κ1) is 20.2. The molecule has 1 aliphatic rings. The minimum absolute atomic E-state index is 0.161. The van der Waals surface area contributed by atoms with Crippen LogP contribution in [0.25, 0.3) is 0 Å². The average molecular weight is 424 g/mol. The average Bonchev–Trinajstić information content (AvgIpc) is 3.34. The van der Waals surface area contributed by atoms with Crippen LogP contribution in [0, 0.1) is 12.7 Å². The molecule has 0 unspecified atom stereocenters. The fraction of sp³-hybridized carbons (Fsp3) is 0.261. The van der Waals surface area contributed by atoms with E-state index in [1.54, 1.807) is 25.3 Å². The molecule has 1 aliphatic heterocycles. The Labute approximate surface area is 178 Å². The molecule has 2 aromatic carbocycles. The Morgan fingerprint density at radius 2 is 2.10 bits per heavy atom. The Morgan fingerprint density at radius 1 is 1.23 bits per heavy atom. The highest BCUT2D eigenvalue weighted by atomic mass is 32.1. The van der Waals surface area contributed by atoms with E-state index in [4.69, 9.17) is 0 Å². The number of amides is 2. The van der Waals surface area contributed by atoms with Crippen LogP contribution in [0.4, 0.5) is 9.52 Å². The van der Waals surface area contributed by atoms with E-state index in [0.717, 1.165) is 29.0 Å². The predicted octanol–water partition coefficient (Wildman–Crippen LogP) is 4.56. The summed E-state index contributed by atoms with van der Waals surface area (Å²) >= 11 is 1.37. The fourth-order valence-electron chi connectivity index (χ4n) is 3.47. The lowest BCUT2D eigenvalue weighted by atomic mass is 10.1. The van der Waals surface area contributed by atoms with Gasteiger partial charge in [-0.15, -0.1) is 11.3 Å². The van der Waals surface area contributed by atoms with E-state index in [2.05, 4.69) is 10.3 Å². The van der Waals surface area contributed by atoms with Crippen molar-refractivity contribution in [2.75, 3.05) is 11.9 Å². The quantitative estimate of drug-likeness (QED) is 0.632. The van der Waals surface area contributed by atoms with Crippen LogP contribution in [0.3, 0.4) is 0 Å². The molecule has 1 fully saturated rings. The summed E-state index contributed by atoms with van der Waals surface area (Å²) in [7, 11) is 0. The van der Waals surface area contributed by atoms with Crippen molar-refractivity contribution in [3.05, 3.63) is 81.6 Å². The van der Waals surface area contributed by atoms with Gasteiger partial charge >= 0.3 is 0 Å². The summed E-state index contributed by atoms with van der Waals surface area (Å²) in [6, 6.07) is 12.5. The van der Waals surface area contributed by atoms with Crippen molar-refractivity contribution in [1.29, 1.82) is 0 Å². The number of hydrogen-bond donors (Lipinski definition) is 1. The Bertz CT molecular complexity index is 1100. The third-order valence-corrected chi connectivity index (χ3v) is 6.04. The second kappa shape index (κ2) is 8.75. The number of carbonyl (C=O) groups is 2. The molecule has 5 nitrogen and oxygen atoms in total. The van der Waals surface area contributed by atoms with Crippen LogP contribution in [0.1, 0.15) is 44.8 Å². The number of hydrogen-bond acceptors (Lipinski definition) is 4. The van der Waals surface area contributed by atoms with Crippen molar-refractivity contribution in [2.24, 2.45) is 0 Å². The van der Waals surface area contributed by atoms with E-state index in [1.807, 2.05) is 29.2 Å².